The molecule has 1 aliphatic heterocycles. The molecule has 0 aromatic heterocycles. The fourth-order valence-electron chi connectivity index (χ4n) is 4.23. The molecule has 29 heavy (non-hydrogen) atoms. The number of aliphatic hydroxyl groups excluding tert-OH is 1. The Kier molecular flexibility index (Phi) is 9.12. The molecule has 0 spiro atoms. The molecule has 1 aromatic rings. The summed E-state index contributed by atoms with van der Waals surface area (Å²) in [6.45, 7) is 8.25. The van der Waals surface area contributed by atoms with Gasteiger partial charge in [0.2, 0.25) is 0 Å². The van der Waals surface area contributed by atoms with Gasteiger partial charge in [-0.3, -0.25) is 0 Å². The van der Waals surface area contributed by atoms with E-state index in [0.29, 0.717) is 17.9 Å². The topological polar surface area (TPSA) is 55.8 Å². The van der Waals surface area contributed by atoms with Gasteiger partial charge in [0.25, 0.3) is 0 Å². The molecule has 1 heterocycles. The van der Waals surface area contributed by atoms with Crippen molar-refractivity contribution in [3.8, 4) is 0 Å². The standard InChI is InChI=1S/C25H36O4/c1-6-8-12-17(3)24(28-5)18(4)22(26)16-23-19(7-2)15-21(25(27)29-23)20-13-10-9-11-14-20/h6,8-11,13-15,17-19,22-24,26H,7,12,16H2,1-5H3/b8-6+/t17-,18-,19+,22+,23+,24+/m0/s1. The maximum absolute atomic E-state index is 12.6. The number of ether oxygens (including phenoxy) is 2. The minimum Gasteiger partial charge on any atom is -0.458 e. The molecule has 0 saturated carbocycles. The van der Waals surface area contributed by atoms with Crippen LogP contribution < -0.4 is 0 Å². The fourth-order valence-corrected chi connectivity index (χ4v) is 4.23. The second-order valence-corrected chi connectivity index (χ2v) is 8.11. The Bertz CT molecular complexity index is 694. The number of esters is 1. The van der Waals surface area contributed by atoms with E-state index in [-0.39, 0.29) is 30.0 Å². The number of methoxy groups -OCH3 is 1. The molecule has 0 amide bonds. The van der Waals surface area contributed by atoms with Crippen LogP contribution in [0, 0.1) is 17.8 Å². The predicted octanol–water partition coefficient (Wildman–Crippen LogP) is 5.03. The van der Waals surface area contributed by atoms with Crippen molar-refractivity contribution >= 4 is 11.5 Å². The van der Waals surface area contributed by atoms with Gasteiger partial charge < -0.3 is 14.6 Å². The van der Waals surface area contributed by atoms with Crippen LogP contribution in [0.25, 0.3) is 5.57 Å². The zero-order chi connectivity index (χ0) is 21.4. The van der Waals surface area contributed by atoms with Gasteiger partial charge in [-0.25, -0.2) is 4.79 Å². The molecule has 0 saturated heterocycles. The second kappa shape index (κ2) is 11.3. The highest BCUT2D eigenvalue weighted by atomic mass is 16.5. The normalized spacial score (nSPS) is 23.9. The first-order valence-electron chi connectivity index (χ1n) is 10.7. The quantitative estimate of drug-likeness (QED) is 0.442. The summed E-state index contributed by atoms with van der Waals surface area (Å²) < 4.78 is 11.5. The van der Waals surface area contributed by atoms with Crippen molar-refractivity contribution in [3.05, 3.63) is 54.1 Å². The van der Waals surface area contributed by atoms with E-state index < -0.39 is 6.10 Å². The number of aliphatic hydroxyl groups is 1. The number of hydrogen-bond donors (Lipinski definition) is 1. The third-order valence-electron chi connectivity index (χ3n) is 6.07. The molecule has 4 heteroatoms. The third-order valence-corrected chi connectivity index (χ3v) is 6.07. The van der Waals surface area contributed by atoms with Crippen LogP contribution in [0.1, 0.15) is 52.5 Å². The number of rotatable bonds is 10. The smallest absolute Gasteiger partial charge is 0.338 e. The highest BCUT2D eigenvalue weighted by molar-refractivity contribution is 6.17. The SMILES string of the molecule is C/C=C/C[C@H](C)[C@@H](OC)[C@@H](C)[C@H](O)C[C@H]1OC(=O)C(c2ccccc2)=C[C@H]1CC. The maximum atomic E-state index is 12.6. The van der Waals surface area contributed by atoms with E-state index in [4.69, 9.17) is 9.47 Å². The van der Waals surface area contributed by atoms with Gasteiger partial charge in [-0.15, -0.1) is 0 Å². The molecular weight excluding hydrogens is 364 g/mol. The summed E-state index contributed by atoms with van der Waals surface area (Å²) in [5, 5.41) is 10.9. The van der Waals surface area contributed by atoms with Gasteiger partial charge in [-0.05, 0) is 31.2 Å². The molecule has 6 atom stereocenters. The molecule has 0 radical (unpaired) electrons. The van der Waals surface area contributed by atoms with E-state index in [9.17, 15) is 9.90 Å². The summed E-state index contributed by atoms with van der Waals surface area (Å²) in [7, 11) is 1.70. The maximum Gasteiger partial charge on any atom is 0.338 e. The molecule has 1 N–H and O–H groups in total. The van der Waals surface area contributed by atoms with Crippen molar-refractivity contribution in [2.45, 2.75) is 65.3 Å². The average Bonchev–Trinajstić information content (AvgIpc) is 2.73. The summed E-state index contributed by atoms with van der Waals surface area (Å²) in [4.78, 5) is 12.6. The van der Waals surface area contributed by atoms with E-state index in [2.05, 4.69) is 19.9 Å². The van der Waals surface area contributed by atoms with Gasteiger partial charge in [0.05, 0.1) is 17.8 Å². The Morgan fingerprint density at radius 2 is 1.93 bits per heavy atom. The number of benzene rings is 1. The zero-order valence-electron chi connectivity index (χ0n) is 18.4. The molecule has 0 aliphatic carbocycles. The van der Waals surface area contributed by atoms with Crippen molar-refractivity contribution < 1.29 is 19.4 Å². The van der Waals surface area contributed by atoms with Gasteiger partial charge in [0.1, 0.15) is 6.10 Å². The Hall–Kier alpha value is -1.91. The molecule has 1 aliphatic rings. The summed E-state index contributed by atoms with van der Waals surface area (Å²) in [6, 6.07) is 9.61. The third kappa shape index (κ3) is 6.03. The Balaban J connectivity index is 2.10. The van der Waals surface area contributed by atoms with Crippen LogP contribution in [0.5, 0.6) is 0 Å². The van der Waals surface area contributed by atoms with Crippen molar-refractivity contribution in [2.75, 3.05) is 7.11 Å². The summed E-state index contributed by atoms with van der Waals surface area (Å²) in [6.07, 6.45) is 7.37. The lowest BCUT2D eigenvalue weighted by molar-refractivity contribution is -0.148. The van der Waals surface area contributed by atoms with E-state index in [1.54, 1.807) is 7.11 Å². The first kappa shape index (κ1) is 23.4. The van der Waals surface area contributed by atoms with Crippen molar-refractivity contribution in [2.24, 2.45) is 17.8 Å². The molecular formula is C25H36O4. The minimum absolute atomic E-state index is 0.0593. The summed E-state index contributed by atoms with van der Waals surface area (Å²) in [5.74, 6) is 0.0129. The summed E-state index contributed by atoms with van der Waals surface area (Å²) >= 11 is 0. The van der Waals surface area contributed by atoms with Crippen LogP contribution >= 0.6 is 0 Å². The Morgan fingerprint density at radius 3 is 2.52 bits per heavy atom. The number of hydrogen-bond acceptors (Lipinski definition) is 4. The molecule has 2 rings (SSSR count). The number of cyclic esters (lactones) is 1. The largest absolute Gasteiger partial charge is 0.458 e. The number of allylic oxidation sites excluding steroid dienone is 2. The van der Waals surface area contributed by atoms with Gasteiger partial charge in [-0.2, -0.15) is 0 Å². The average molecular weight is 401 g/mol. The van der Waals surface area contributed by atoms with Crippen molar-refractivity contribution in [1.29, 1.82) is 0 Å². The van der Waals surface area contributed by atoms with E-state index >= 15 is 0 Å². The molecule has 0 fully saturated rings. The molecule has 4 nitrogen and oxygen atoms in total. The first-order chi connectivity index (χ1) is 13.9. The molecule has 160 valence electrons. The first-order valence-corrected chi connectivity index (χ1v) is 10.7. The van der Waals surface area contributed by atoms with Crippen molar-refractivity contribution in [3.63, 3.8) is 0 Å². The van der Waals surface area contributed by atoms with Crippen LogP contribution in [0.3, 0.4) is 0 Å². The van der Waals surface area contributed by atoms with Gasteiger partial charge in [-0.1, -0.05) is 69.3 Å². The molecule has 0 unspecified atom stereocenters. The molecule has 0 bridgehead atoms. The monoisotopic (exact) mass is 400 g/mol. The van der Waals surface area contributed by atoms with Crippen LogP contribution in [0.2, 0.25) is 0 Å². The Labute approximate surface area is 175 Å². The van der Waals surface area contributed by atoms with Gasteiger partial charge in [0.15, 0.2) is 0 Å². The summed E-state index contributed by atoms with van der Waals surface area (Å²) in [5.41, 5.74) is 1.49. The van der Waals surface area contributed by atoms with E-state index in [1.165, 1.54) is 0 Å². The number of carbonyl (C=O) groups is 1. The highest BCUT2D eigenvalue weighted by Gasteiger charge is 2.36. The lowest BCUT2D eigenvalue weighted by atomic mass is 9.82. The van der Waals surface area contributed by atoms with Crippen LogP contribution in [-0.2, 0) is 14.3 Å². The second-order valence-electron chi connectivity index (χ2n) is 8.11. The highest BCUT2D eigenvalue weighted by Crippen LogP contribution is 2.33. The lowest BCUT2D eigenvalue weighted by Gasteiger charge is -2.35. The lowest BCUT2D eigenvalue weighted by Crippen LogP contribution is -2.40. The van der Waals surface area contributed by atoms with Crippen LogP contribution in [0.4, 0.5) is 0 Å². The van der Waals surface area contributed by atoms with Crippen LogP contribution in [0.15, 0.2) is 48.6 Å². The van der Waals surface area contributed by atoms with Crippen molar-refractivity contribution in [1.82, 2.24) is 0 Å². The van der Waals surface area contributed by atoms with E-state index in [1.807, 2.05) is 56.3 Å². The fraction of sp³-hybridized carbons (Fsp3) is 0.560. The zero-order valence-corrected chi connectivity index (χ0v) is 18.4. The minimum atomic E-state index is -0.605. The van der Waals surface area contributed by atoms with Crippen LogP contribution in [-0.4, -0.2) is 36.5 Å². The predicted molar refractivity (Wildman–Crippen MR) is 117 cm³/mol. The Morgan fingerprint density at radius 1 is 1.24 bits per heavy atom. The van der Waals surface area contributed by atoms with Gasteiger partial charge >= 0.3 is 5.97 Å². The van der Waals surface area contributed by atoms with E-state index in [0.717, 1.165) is 18.4 Å². The van der Waals surface area contributed by atoms with Gasteiger partial charge in [0, 0.05) is 25.4 Å². The number of carbonyl (C=O) groups excluding carboxylic acids is 1. The molecule has 1 aromatic carbocycles.